The van der Waals surface area contributed by atoms with E-state index in [2.05, 4.69) is 5.16 Å². The molecule has 1 heterocycles. The standard InChI is InChI=1S/C19H23NO3/c1-10-5-11(2)17(12(3)6-10)18-16(21)9-14(19(18)22)8-15-7-13(4)23-20-15/h5-6,13-14,18H,7-9H2,1-4H3. The van der Waals surface area contributed by atoms with Gasteiger partial charge in [0.05, 0.1) is 5.71 Å². The van der Waals surface area contributed by atoms with Crippen LogP contribution in [0.2, 0.25) is 0 Å². The molecule has 2 aliphatic rings. The molecule has 3 rings (SSSR count). The van der Waals surface area contributed by atoms with Gasteiger partial charge in [-0.15, -0.1) is 0 Å². The fourth-order valence-corrected chi connectivity index (χ4v) is 3.95. The summed E-state index contributed by atoms with van der Waals surface area (Å²) in [5.41, 5.74) is 5.03. The number of carbonyl (C=O) groups excluding carboxylic acids is 2. The first-order valence-corrected chi connectivity index (χ1v) is 8.22. The molecule has 122 valence electrons. The molecular weight excluding hydrogens is 290 g/mol. The highest BCUT2D eigenvalue weighted by Gasteiger charge is 2.43. The van der Waals surface area contributed by atoms with Crippen LogP contribution in [0.1, 0.15) is 54.4 Å². The molecule has 0 radical (unpaired) electrons. The summed E-state index contributed by atoms with van der Waals surface area (Å²) in [4.78, 5) is 30.6. The van der Waals surface area contributed by atoms with Crippen molar-refractivity contribution in [1.29, 1.82) is 0 Å². The summed E-state index contributed by atoms with van der Waals surface area (Å²) in [5.74, 6) is -0.754. The summed E-state index contributed by atoms with van der Waals surface area (Å²) in [6, 6.07) is 4.10. The Morgan fingerprint density at radius 3 is 2.35 bits per heavy atom. The molecule has 0 bridgehead atoms. The maximum atomic E-state index is 12.9. The minimum absolute atomic E-state index is 0.0441. The predicted molar refractivity (Wildman–Crippen MR) is 88.7 cm³/mol. The van der Waals surface area contributed by atoms with E-state index in [1.54, 1.807) is 0 Å². The summed E-state index contributed by atoms with van der Waals surface area (Å²) in [6.07, 6.45) is 1.71. The number of aryl methyl sites for hydroxylation is 3. The second-order valence-electron chi connectivity index (χ2n) is 7.00. The maximum Gasteiger partial charge on any atom is 0.151 e. The van der Waals surface area contributed by atoms with Crippen LogP contribution in [0.15, 0.2) is 17.3 Å². The highest BCUT2D eigenvalue weighted by atomic mass is 16.6. The zero-order valence-corrected chi connectivity index (χ0v) is 14.2. The number of hydrogen-bond donors (Lipinski definition) is 0. The van der Waals surface area contributed by atoms with Gasteiger partial charge in [0.1, 0.15) is 17.8 Å². The number of ketones is 2. The Morgan fingerprint density at radius 2 is 1.78 bits per heavy atom. The van der Waals surface area contributed by atoms with Crippen LogP contribution < -0.4 is 0 Å². The predicted octanol–water partition coefficient (Wildman–Crippen LogP) is 3.41. The number of nitrogens with zero attached hydrogens (tertiary/aromatic N) is 1. The number of rotatable bonds is 3. The van der Waals surface area contributed by atoms with E-state index in [4.69, 9.17) is 4.84 Å². The Hall–Kier alpha value is -1.97. The van der Waals surface area contributed by atoms with Crippen LogP contribution in [-0.2, 0) is 14.4 Å². The van der Waals surface area contributed by atoms with Crippen LogP contribution in [0.5, 0.6) is 0 Å². The van der Waals surface area contributed by atoms with E-state index in [0.717, 1.165) is 34.4 Å². The summed E-state index contributed by atoms with van der Waals surface area (Å²) >= 11 is 0. The van der Waals surface area contributed by atoms with Gasteiger partial charge in [-0.1, -0.05) is 22.9 Å². The largest absolute Gasteiger partial charge is 0.392 e. The first-order valence-electron chi connectivity index (χ1n) is 8.22. The lowest BCUT2D eigenvalue weighted by atomic mass is 9.86. The highest BCUT2D eigenvalue weighted by molar-refractivity contribution is 6.16. The molecule has 1 aliphatic carbocycles. The van der Waals surface area contributed by atoms with Crippen LogP contribution in [0.3, 0.4) is 0 Å². The van der Waals surface area contributed by atoms with E-state index in [1.807, 2.05) is 39.8 Å². The lowest BCUT2D eigenvalue weighted by molar-refractivity contribution is -0.124. The molecule has 3 atom stereocenters. The molecule has 4 heteroatoms. The van der Waals surface area contributed by atoms with Gasteiger partial charge in [-0.2, -0.15) is 0 Å². The van der Waals surface area contributed by atoms with Gasteiger partial charge < -0.3 is 4.84 Å². The number of Topliss-reactive ketones (excluding diaryl/α,β-unsaturated/α-hetero) is 2. The van der Waals surface area contributed by atoms with Gasteiger partial charge in [-0.05, 0) is 50.8 Å². The molecule has 1 aliphatic heterocycles. The van der Waals surface area contributed by atoms with Crippen LogP contribution in [0.25, 0.3) is 0 Å². The molecule has 0 N–H and O–H groups in total. The molecule has 1 fully saturated rings. The van der Waals surface area contributed by atoms with Gasteiger partial charge in [0.25, 0.3) is 0 Å². The summed E-state index contributed by atoms with van der Waals surface area (Å²) in [7, 11) is 0. The number of carbonyl (C=O) groups is 2. The summed E-state index contributed by atoms with van der Waals surface area (Å²) in [5, 5.41) is 4.04. The van der Waals surface area contributed by atoms with Crippen molar-refractivity contribution in [3.05, 3.63) is 34.4 Å². The molecule has 1 aromatic rings. The van der Waals surface area contributed by atoms with E-state index in [-0.39, 0.29) is 23.6 Å². The first kappa shape index (κ1) is 15.9. The second kappa shape index (κ2) is 5.91. The van der Waals surface area contributed by atoms with E-state index in [1.165, 1.54) is 0 Å². The van der Waals surface area contributed by atoms with Crippen molar-refractivity contribution in [2.24, 2.45) is 11.1 Å². The van der Waals surface area contributed by atoms with Crippen LogP contribution in [0.4, 0.5) is 0 Å². The lowest BCUT2D eigenvalue weighted by Crippen LogP contribution is -2.19. The molecule has 0 saturated heterocycles. The van der Waals surface area contributed by atoms with Crippen LogP contribution in [0, 0.1) is 26.7 Å². The molecule has 3 unspecified atom stereocenters. The van der Waals surface area contributed by atoms with Crippen molar-refractivity contribution in [3.8, 4) is 0 Å². The molecule has 1 saturated carbocycles. The highest BCUT2D eigenvalue weighted by Crippen LogP contribution is 2.38. The molecule has 23 heavy (non-hydrogen) atoms. The van der Waals surface area contributed by atoms with Gasteiger partial charge in [0, 0.05) is 18.8 Å². The topological polar surface area (TPSA) is 55.7 Å². The monoisotopic (exact) mass is 313 g/mol. The van der Waals surface area contributed by atoms with E-state index in [9.17, 15) is 9.59 Å². The van der Waals surface area contributed by atoms with Gasteiger partial charge in [-0.3, -0.25) is 9.59 Å². The quantitative estimate of drug-likeness (QED) is 0.804. The Balaban J connectivity index is 1.85. The summed E-state index contributed by atoms with van der Waals surface area (Å²) < 4.78 is 0. The third-order valence-electron chi connectivity index (χ3n) is 4.85. The van der Waals surface area contributed by atoms with Crippen molar-refractivity contribution in [2.45, 2.75) is 59.0 Å². The normalized spacial score (nSPS) is 27.3. The van der Waals surface area contributed by atoms with E-state index >= 15 is 0 Å². The van der Waals surface area contributed by atoms with Gasteiger partial charge in [0.2, 0.25) is 0 Å². The molecule has 0 spiro atoms. The number of oxime groups is 1. The average Bonchev–Trinajstić information content (AvgIpc) is 2.96. The molecule has 0 amide bonds. The number of hydrogen-bond acceptors (Lipinski definition) is 4. The zero-order valence-electron chi connectivity index (χ0n) is 14.2. The zero-order chi connectivity index (χ0) is 16.7. The molecule has 0 aromatic heterocycles. The second-order valence-corrected chi connectivity index (χ2v) is 7.00. The fraction of sp³-hybridized carbons (Fsp3) is 0.526. The minimum Gasteiger partial charge on any atom is -0.392 e. The van der Waals surface area contributed by atoms with Crippen LogP contribution >= 0.6 is 0 Å². The minimum atomic E-state index is -0.596. The van der Waals surface area contributed by atoms with Crippen molar-refractivity contribution in [3.63, 3.8) is 0 Å². The van der Waals surface area contributed by atoms with Gasteiger partial charge >= 0.3 is 0 Å². The Bertz CT molecular complexity index is 682. The molecular formula is C19H23NO3. The van der Waals surface area contributed by atoms with Crippen LogP contribution in [-0.4, -0.2) is 23.4 Å². The first-order chi connectivity index (χ1) is 10.9. The lowest BCUT2D eigenvalue weighted by Gasteiger charge is -2.16. The third-order valence-corrected chi connectivity index (χ3v) is 4.85. The Labute approximate surface area is 136 Å². The van der Waals surface area contributed by atoms with E-state index in [0.29, 0.717) is 12.8 Å². The fourth-order valence-electron chi connectivity index (χ4n) is 3.95. The van der Waals surface area contributed by atoms with Crippen molar-refractivity contribution >= 4 is 17.3 Å². The van der Waals surface area contributed by atoms with Crippen molar-refractivity contribution in [2.75, 3.05) is 0 Å². The van der Waals surface area contributed by atoms with Gasteiger partial charge in [0.15, 0.2) is 5.78 Å². The summed E-state index contributed by atoms with van der Waals surface area (Å²) in [6.45, 7) is 7.96. The van der Waals surface area contributed by atoms with Crippen molar-refractivity contribution < 1.29 is 14.4 Å². The van der Waals surface area contributed by atoms with Gasteiger partial charge in [-0.25, -0.2) is 0 Å². The molecule has 1 aromatic carbocycles. The maximum absolute atomic E-state index is 12.9. The van der Waals surface area contributed by atoms with Crippen molar-refractivity contribution in [1.82, 2.24) is 0 Å². The van der Waals surface area contributed by atoms with E-state index < -0.39 is 5.92 Å². The third kappa shape index (κ3) is 2.94. The Morgan fingerprint density at radius 1 is 1.13 bits per heavy atom. The smallest absolute Gasteiger partial charge is 0.151 e. The SMILES string of the molecule is Cc1cc(C)c(C2C(=O)CC(CC3=NOC(C)C3)C2=O)c(C)c1. The Kier molecular flexibility index (Phi) is 4.09. The number of benzene rings is 1. The average molecular weight is 313 g/mol. The molecule has 4 nitrogen and oxygen atoms in total.